The number of aliphatic hydroxyl groups is 2. The molecule has 0 saturated heterocycles. The maximum absolute atomic E-state index is 12.5. The van der Waals surface area contributed by atoms with E-state index in [-0.39, 0.29) is 18.5 Å². The van der Waals surface area contributed by atoms with E-state index >= 15 is 0 Å². The number of rotatable bonds is 47. The number of nitrogens with one attached hydrogen (secondary N) is 1. The monoisotopic (exact) mass is 818 g/mol. The Morgan fingerprint density at radius 3 is 1.38 bits per heavy atom. The first-order valence-electron chi connectivity index (χ1n) is 25.6. The summed E-state index contributed by atoms with van der Waals surface area (Å²) in [5.74, 6) is -0.0826. The molecule has 2 atom stereocenters. The SMILES string of the molecule is CCC/C=C\C/C=C\CCCCCCCC(=O)OCCCCCCCCCCCCCC(=O)NC(CO)C(O)CCCCCCCCCCCCCCCCCCC. The van der Waals surface area contributed by atoms with Crippen molar-refractivity contribution < 1.29 is 24.5 Å². The lowest BCUT2D eigenvalue weighted by atomic mass is 10.0. The molecule has 58 heavy (non-hydrogen) atoms. The van der Waals surface area contributed by atoms with E-state index in [9.17, 15) is 19.8 Å². The lowest BCUT2D eigenvalue weighted by Gasteiger charge is -2.22. The Morgan fingerprint density at radius 2 is 0.897 bits per heavy atom. The number of amides is 1. The van der Waals surface area contributed by atoms with Gasteiger partial charge >= 0.3 is 5.97 Å². The molecular weight excluding hydrogens is 719 g/mol. The van der Waals surface area contributed by atoms with Gasteiger partial charge in [0.1, 0.15) is 0 Å². The highest BCUT2D eigenvalue weighted by atomic mass is 16.5. The van der Waals surface area contributed by atoms with Crippen LogP contribution in [-0.2, 0) is 14.3 Å². The van der Waals surface area contributed by atoms with Crippen LogP contribution in [0.2, 0.25) is 0 Å². The van der Waals surface area contributed by atoms with E-state index in [1.807, 2.05) is 0 Å². The van der Waals surface area contributed by atoms with Gasteiger partial charge in [0.05, 0.1) is 25.4 Å². The van der Waals surface area contributed by atoms with Gasteiger partial charge in [0.2, 0.25) is 5.91 Å². The molecule has 0 spiro atoms. The van der Waals surface area contributed by atoms with Gasteiger partial charge in [-0.1, -0.05) is 231 Å². The molecule has 0 aromatic heterocycles. The number of carbonyl (C=O) groups excluding carboxylic acids is 2. The topological polar surface area (TPSA) is 95.9 Å². The maximum atomic E-state index is 12.5. The number of allylic oxidation sites excluding steroid dienone is 4. The maximum Gasteiger partial charge on any atom is 0.305 e. The van der Waals surface area contributed by atoms with Crippen molar-refractivity contribution >= 4 is 11.9 Å². The Labute approximate surface area is 361 Å². The van der Waals surface area contributed by atoms with Gasteiger partial charge in [0.15, 0.2) is 0 Å². The van der Waals surface area contributed by atoms with Crippen molar-refractivity contribution in [2.24, 2.45) is 0 Å². The van der Waals surface area contributed by atoms with Crippen LogP contribution in [0.1, 0.15) is 271 Å². The van der Waals surface area contributed by atoms with Gasteiger partial charge in [-0.3, -0.25) is 9.59 Å². The molecule has 0 aromatic carbocycles. The summed E-state index contributed by atoms with van der Waals surface area (Å²) >= 11 is 0. The molecule has 3 N–H and O–H groups in total. The zero-order valence-corrected chi connectivity index (χ0v) is 38.8. The molecule has 0 rings (SSSR count). The molecule has 6 nitrogen and oxygen atoms in total. The van der Waals surface area contributed by atoms with Crippen LogP contribution < -0.4 is 5.32 Å². The van der Waals surface area contributed by atoms with Crippen molar-refractivity contribution in [3.8, 4) is 0 Å². The minimum absolute atomic E-state index is 0.0288. The molecule has 0 aliphatic carbocycles. The Morgan fingerprint density at radius 1 is 0.483 bits per heavy atom. The van der Waals surface area contributed by atoms with Crippen molar-refractivity contribution in [1.82, 2.24) is 5.32 Å². The van der Waals surface area contributed by atoms with E-state index in [4.69, 9.17) is 4.74 Å². The number of hydrogen-bond donors (Lipinski definition) is 3. The Hall–Kier alpha value is -1.66. The molecule has 0 heterocycles. The summed E-state index contributed by atoms with van der Waals surface area (Å²) in [5, 5.41) is 23.2. The minimum Gasteiger partial charge on any atom is -0.466 e. The first-order valence-corrected chi connectivity index (χ1v) is 25.6. The fourth-order valence-corrected chi connectivity index (χ4v) is 7.79. The summed E-state index contributed by atoms with van der Waals surface area (Å²) in [7, 11) is 0. The second kappa shape index (κ2) is 48.0. The molecule has 0 saturated carbocycles. The fourth-order valence-electron chi connectivity index (χ4n) is 7.79. The van der Waals surface area contributed by atoms with E-state index in [0.29, 0.717) is 25.9 Å². The van der Waals surface area contributed by atoms with Crippen molar-refractivity contribution in [1.29, 1.82) is 0 Å². The molecule has 2 unspecified atom stereocenters. The summed E-state index contributed by atoms with van der Waals surface area (Å²) in [6.45, 7) is 4.84. The lowest BCUT2D eigenvalue weighted by molar-refractivity contribution is -0.143. The van der Waals surface area contributed by atoms with Crippen LogP contribution in [0, 0.1) is 0 Å². The average molecular weight is 818 g/mol. The third-order valence-electron chi connectivity index (χ3n) is 11.7. The zero-order valence-electron chi connectivity index (χ0n) is 38.8. The first kappa shape index (κ1) is 56.3. The van der Waals surface area contributed by atoms with Crippen LogP contribution in [0.4, 0.5) is 0 Å². The van der Waals surface area contributed by atoms with Gasteiger partial charge in [0, 0.05) is 12.8 Å². The van der Waals surface area contributed by atoms with E-state index in [1.165, 1.54) is 167 Å². The van der Waals surface area contributed by atoms with E-state index in [0.717, 1.165) is 70.6 Å². The molecule has 0 aliphatic rings. The average Bonchev–Trinajstić information content (AvgIpc) is 3.22. The van der Waals surface area contributed by atoms with Crippen molar-refractivity contribution in [3.05, 3.63) is 24.3 Å². The van der Waals surface area contributed by atoms with Gasteiger partial charge < -0.3 is 20.3 Å². The minimum atomic E-state index is -0.677. The first-order chi connectivity index (χ1) is 28.5. The summed E-state index contributed by atoms with van der Waals surface area (Å²) < 4.78 is 5.44. The second-order valence-corrected chi connectivity index (χ2v) is 17.5. The third-order valence-corrected chi connectivity index (χ3v) is 11.7. The molecular formula is C52H99NO5. The van der Waals surface area contributed by atoms with E-state index in [2.05, 4.69) is 43.5 Å². The summed E-state index contributed by atoms with van der Waals surface area (Å²) in [5.41, 5.74) is 0. The predicted molar refractivity (Wildman–Crippen MR) is 250 cm³/mol. The van der Waals surface area contributed by atoms with Crippen LogP contribution in [0.25, 0.3) is 0 Å². The number of aliphatic hydroxyl groups excluding tert-OH is 2. The Bertz CT molecular complexity index is 904. The standard InChI is InChI=1S/C52H99NO5/c1-3-5-7-9-11-13-15-17-18-19-20-22-24-28-32-36-40-44-50(55)49(48-54)53-51(56)45-41-37-33-29-25-23-27-31-35-39-43-47-58-52(57)46-42-38-34-30-26-21-16-14-12-10-8-6-4-2/h8,10,14,16,49-50,54-55H,3-7,9,11-13,15,17-48H2,1-2H3,(H,53,56)/b10-8-,16-14-. The van der Waals surface area contributed by atoms with Gasteiger partial charge in [-0.05, 0) is 51.4 Å². The molecule has 0 bridgehead atoms. The summed E-state index contributed by atoms with van der Waals surface area (Å²) in [4.78, 5) is 24.5. The predicted octanol–water partition coefficient (Wildman–Crippen LogP) is 15.1. The van der Waals surface area contributed by atoms with Crippen LogP contribution in [-0.4, -0.2) is 47.4 Å². The molecule has 0 fully saturated rings. The number of unbranched alkanes of at least 4 members (excludes halogenated alkanes) is 32. The highest BCUT2D eigenvalue weighted by molar-refractivity contribution is 5.76. The van der Waals surface area contributed by atoms with Gasteiger partial charge in [-0.25, -0.2) is 0 Å². The zero-order chi connectivity index (χ0) is 42.3. The Kier molecular flexibility index (Phi) is 46.6. The third kappa shape index (κ3) is 43.9. The quantitative estimate of drug-likeness (QED) is 0.0323. The molecule has 0 radical (unpaired) electrons. The Balaban J connectivity index is 3.49. The normalized spacial score (nSPS) is 12.8. The van der Waals surface area contributed by atoms with Gasteiger partial charge in [-0.15, -0.1) is 0 Å². The van der Waals surface area contributed by atoms with Crippen molar-refractivity contribution in [3.63, 3.8) is 0 Å². The lowest BCUT2D eigenvalue weighted by Crippen LogP contribution is -2.45. The van der Waals surface area contributed by atoms with Crippen LogP contribution >= 0.6 is 0 Å². The molecule has 6 heteroatoms. The van der Waals surface area contributed by atoms with Crippen LogP contribution in [0.15, 0.2) is 24.3 Å². The van der Waals surface area contributed by atoms with Crippen LogP contribution in [0.5, 0.6) is 0 Å². The number of hydrogen-bond acceptors (Lipinski definition) is 5. The smallest absolute Gasteiger partial charge is 0.305 e. The second-order valence-electron chi connectivity index (χ2n) is 17.5. The highest BCUT2D eigenvalue weighted by Crippen LogP contribution is 2.16. The molecule has 0 aromatic rings. The largest absolute Gasteiger partial charge is 0.466 e. The number of esters is 1. The molecule has 342 valence electrons. The van der Waals surface area contributed by atoms with Crippen LogP contribution in [0.3, 0.4) is 0 Å². The van der Waals surface area contributed by atoms with E-state index < -0.39 is 12.1 Å². The summed E-state index contributed by atoms with van der Waals surface area (Å²) in [6, 6.07) is -0.556. The fraction of sp³-hybridized carbons (Fsp3) is 0.885. The molecule has 0 aliphatic heterocycles. The highest BCUT2D eigenvalue weighted by Gasteiger charge is 2.20. The van der Waals surface area contributed by atoms with E-state index in [1.54, 1.807) is 0 Å². The number of ether oxygens (including phenoxy) is 1. The van der Waals surface area contributed by atoms with Gasteiger partial charge in [-0.2, -0.15) is 0 Å². The molecule has 1 amide bonds. The van der Waals surface area contributed by atoms with Crippen molar-refractivity contribution in [2.45, 2.75) is 283 Å². The van der Waals surface area contributed by atoms with Crippen molar-refractivity contribution in [2.75, 3.05) is 13.2 Å². The van der Waals surface area contributed by atoms with Gasteiger partial charge in [0.25, 0.3) is 0 Å². The summed E-state index contributed by atoms with van der Waals surface area (Å²) in [6.07, 6.45) is 55.7. The number of carbonyl (C=O) groups is 2.